The zero-order chi connectivity index (χ0) is 11.5. The van der Waals surface area contributed by atoms with Crippen molar-refractivity contribution in [3.8, 4) is 0 Å². The van der Waals surface area contributed by atoms with E-state index in [0.29, 0.717) is 6.04 Å². The van der Waals surface area contributed by atoms with Crippen LogP contribution >= 0.6 is 0 Å². The summed E-state index contributed by atoms with van der Waals surface area (Å²) in [6.45, 7) is 5.54. The van der Waals surface area contributed by atoms with Crippen LogP contribution in [0.3, 0.4) is 0 Å². The first-order valence-corrected chi connectivity index (χ1v) is 6.21. The summed E-state index contributed by atoms with van der Waals surface area (Å²) in [5.41, 5.74) is 0. The molecule has 90 valence electrons. The van der Waals surface area contributed by atoms with Gasteiger partial charge >= 0.3 is 0 Å². The first-order valence-electron chi connectivity index (χ1n) is 6.21. The third-order valence-electron chi connectivity index (χ3n) is 3.53. The smallest absolute Gasteiger partial charge is 0.140 e. The van der Waals surface area contributed by atoms with Gasteiger partial charge < -0.3 is 5.32 Å². The maximum absolute atomic E-state index is 4.23. The van der Waals surface area contributed by atoms with E-state index in [0.717, 1.165) is 24.2 Å². The SMILES string of the molecule is CC1CC(C)CC(NCc2ncnn2C)C1. The molecular formula is C12H22N4. The van der Waals surface area contributed by atoms with E-state index in [9.17, 15) is 0 Å². The van der Waals surface area contributed by atoms with E-state index < -0.39 is 0 Å². The molecule has 4 nitrogen and oxygen atoms in total. The summed E-state index contributed by atoms with van der Waals surface area (Å²) in [6, 6.07) is 0.649. The Balaban J connectivity index is 1.84. The Labute approximate surface area is 97.5 Å². The average molecular weight is 222 g/mol. The van der Waals surface area contributed by atoms with Crippen LogP contribution in [-0.4, -0.2) is 20.8 Å². The number of rotatable bonds is 3. The standard InChI is InChI=1S/C12H22N4/c1-9-4-10(2)6-11(5-9)13-7-12-14-8-15-16(12)3/h8-11,13H,4-7H2,1-3H3. The molecule has 1 aliphatic rings. The van der Waals surface area contributed by atoms with Gasteiger partial charge in [-0.15, -0.1) is 0 Å². The lowest BCUT2D eigenvalue weighted by Crippen LogP contribution is -2.36. The summed E-state index contributed by atoms with van der Waals surface area (Å²) in [6.07, 6.45) is 5.58. The number of nitrogens with zero attached hydrogens (tertiary/aromatic N) is 3. The van der Waals surface area contributed by atoms with Crippen LogP contribution in [0.25, 0.3) is 0 Å². The molecule has 1 heterocycles. The Morgan fingerprint density at radius 1 is 1.31 bits per heavy atom. The van der Waals surface area contributed by atoms with E-state index >= 15 is 0 Å². The molecule has 1 N–H and O–H groups in total. The Bertz CT molecular complexity index is 324. The number of hydrogen-bond acceptors (Lipinski definition) is 3. The fourth-order valence-electron chi connectivity index (χ4n) is 2.83. The Hall–Kier alpha value is -0.900. The predicted molar refractivity (Wildman–Crippen MR) is 63.8 cm³/mol. The van der Waals surface area contributed by atoms with Crippen molar-refractivity contribution in [2.24, 2.45) is 18.9 Å². The summed E-state index contributed by atoms with van der Waals surface area (Å²) < 4.78 is 1.84. The average Bonchev–Trinajstić information content (AvgIpc) is 2.59. The van der Waals surface area contributed by atoms with E-state index in [4.69, 9.17) is 0 Å². The lowest BCUT2D eigenvalue weighted by Gasteiger charge is -2.32. The van der Waals surface area contributed by atoms with Crippen molar-refractivity contribution in [3.63, 3.8) is 0 Å². The fraction of sp³-hybridized carbons (Fsp3) is 0.833. The highest BCUT2D eigenvalue weighted by Gasteiger charge is 2.23. The van der Waals surface area contributed by atoms with Gasteiger partial charge in [0.1, 0.15) is 12.2 Å². The van der Waals surface area contributed by atoms with E-state index in [1.807, 2.05) is 11.7 Å². The maximum Gasteiger partial charge on any atom is 0.140 e. The molecule has 0 amide bonds. The number of aryl methyl sites for hydroxylation is 1. The van der Waals surface area contributed by atoms with Crippen molar-refractivity contribution in [1.29, 1.82) is 0 Å². The topological polar surface area (TPSA) is 42.7 Å². The molecule has 2 unspecified atom stereocenters. The molecule has 1 fully saturated rings. The second-order valence-corrected chi connectivity index (χ2v) is 5.30. The molecule has 1 aliphatic carbocycles. The molecule has 2 atom stereocenters. The quantitative estimate of drug-likeness (QED) is 0.847. The van der Waals surface area contributed by atoms with Crippen LogP contribution < -0.4 is 5.32 Å². The molecular weight excluding hydrogens is 200 g/mol. The second kappa shape index (κ2) is 4.95. The van der Waals surface area contributed by atoms with Gasteiger partial charge in [0.25, 0.3) is 0 Å². The molecule has 1 aromatic rings. The van der Waals surface area contributed by atoms with Gasteiger partial charge in [0.05, 0.1) is 6.54 Å². The van der Waals surface area contributed by atoms with Crippen molar-refractivity contribution in [2.75, 3.05) is 0 Å². The van der Waals surface area contributed by atoms with Gasteiger partial charge in [-0.3, -0.25) is 4.68 Å². The van der Waals surface area contributed by atoms with Crippen LogP contribution in [0, 0.1) is 11.8 Å². The van der Waals surface area contributed by atoms with E-state index in [-0.39, 0.29) is 0 Å². The van der Waals surface area contributed by atoms with Crippen molar-refractivity contribution >= 4 is 0 Å². The van der Waals surface area contributed by atoms with E-state index in [1.165, 1.54) is 19.3 Å². The van der Waals surface area contributed by atoms with Gasteiger partial charge in [0.15, 0.2) is 0 Å². The van der Waals surface area contributed by atoms with E-state index in [2.05, 4.69) is 29.2 Å². The van der Waals surface area contributed by atoms with Gasteiger partial charge in [-0.05, 0) is 31.1 Å². The number of hydrogen-bond donors (Lipinski definition) is 1. The fourth-order valence-corrected chi connectivity index (χ4v) is 2.83. The summed E-state index contributed by atoms with van der Waals surface area (Å²) in [7, 11) is 1.94. The number of aromatic nitrogens is 3. The number of nitrogens with one attached hydrogen (secondary N) is 1. The van der Waals surface area contributed by atoms with Crippen molar-refractivity contribution in [3.05, 3.63) is 12.2 Å². The maximum atomic E-state index is 4.23. The highest BCUT2D eigenvalue weighted by molar-refractivity contribution is 4.86. The first-order chi connectivity index (χ1) is 7.65. The first kappa shape index (κ1) is 11.6. The zero-order valence-electron chi connectivity index (χ0n) is 10.5. The van der Waals surface area contributed by atoms with Crippen LogP contribution in [-0.2, 0) is 13.6 Å². The van der Waals surface area contributed by atoms with E-state index in [1.54, 1.807) is 6.33 Å². The summed E-state index contributed by atoms with van der Waals surface area (Å²) >= 11 is 0. The highest BCUT2D eigenvalue weighted by Crippen LogP contribution is 2.28. The zero-order valence-corrected chi connectivity index (χ0v) is 10.5. The molecule has 2 rings (SSSR count). The molecule has 0 aromatic carbocycles. The van der Waals surface area contributed by atoms with Crippen LogP contribution in [0.2, 0.25) is 0 Å². The minimum absolute atomic E-state index is 0.649. The van der Waals surface area contributed by atoms with Gasteiger partial charge in [0, 0.05) is 13.1 Å². The van der Waals surface area contributed by atoms with Crippen molar-refractivity contribution < 1.29 is 0 Å². The lowest BCUT2D eigenvalue weighted by atomic mass is 9.80. The Morgan fingerprint density at radius 2 is 2.00 bits per heavy atom. The van der Waals surface area contributed by atoms with Gasteiger partial charge in [-0.2, -0.15) is 5.10 Å². The normalized spacial score (nSPS) is 30.6. The Morgan fingerprint density at radius 3 is 2.56 bits per heavy atom. The predicted octanol–water partition coefficient (Wildman–Crippen LogP) is 1.73. The van der Waals surface area contributed by atoms with Gasteiger partial charge in [0.2, 0.25) is 0 Å². The minimum Gasteiger partial charge on any atom is -0.307 e. The highest BCUT2D eigenvalue weighted by atomic mass is 15.3. The third-order valence-corrected chi connectivity index (χ3v) is 3.53. The molecule has 0 radical (unpaired) electrons. The van der Waals surface area contributed by atoms with Crippen LogP contribution in [0.5, 0.6) is 0 Å². The molecule has 1 saturated carbocycles. The third kappa shape index (κ3) is 2.82. The summed E-state index contributed by atoms with van der Waals surface area (Å²) in [5, 5.41) is 7.68. The van der Waals surface area contributed by atoms with Crippen LogP contribution in [0.1, 0.15) is 38.9 Å². The lowest BCUT2D eigenvalue weighted by molar-refractivity contribution is 0.236. The molecule has 16 heavy (non-hydrogen) atoms. The molecule has 0 saturated heterocycles. The second-order valence-electron chi connectivity index (χ2n) is 5.30. The molecule has 1 aromatic heterocycles. The minimum atomic E-state index is 0.649. The monoisotopic (exact) mass is 222 g/mol. The largest absolute Gasteiger partial charge is 0.307 e. The van der Waals surface area contributed by atoms with Gasteiger partial charge in [-0.1, -0.05) is 13.8 Å². The van der Waals surface area contributed by atoms with Crippen LogP contribution in [0.15, 0.2) is 6.33 Å². The van der Waals surface area contributed by atoms with Crippen LogP contribution in [0.4, 0.5) is 0 Å². The van der Waals surface area contributed by atoms with Crippen molar-refractivity contribution in [2.45, 2.75) is 45.7 Å². The molecule has 0 spiro atoms. The summed E-state index contributed by atoms with van der Waals surface area (Å²) in [5.74, 6) is 2.72. The molecule has 0 bridgehead atoms. The molecule has 0 aliphatic heterocycles. The summed E-state index contributed by atoms with van der Waals surface area (Å²) in [4.78, 5) is 4.23. The molecule has 4 heteroatoms. The van der Waals surface area contributed by atoms with Gasteiger partial charge in [-0.25, -0.2) is 4.98 Å². The van der Waals surface area contributed by atoms with Crippen molar-refractivity contribution in [1.82, 2.24) is 20.1 Å². The Kier molecular flexibility index (Phi) is 3.59.